The molecule has 2 heterocycles. The summed E-state index contributed by atoms with van der Waals surface area (Å²) in [6.45, 7) is 8.63. The van der Waals surface area contributed by atoms with Gasteiger partial charge in [-0.15, -0.1) is 0 Å². The van der Waals surface area contributed by atoms with Crippen LogP contribution in [-0.2, 0) is 9.47 Å². The van der Waals surface area contributed by atoms with Crippen LogP contribution in [0.2, 0.25) is 5.28 Å². The summed E-state index contributed by atoms with van der Waals surface area (Å²) in [6, 6.07) is 0.0489. The molecule has 0 atom stereocenters. The predicted octanol–water partition coefficient (Wildman–Crippen LogP) is 3.12. The third-order valence-electron chi connectivity index (χ3n) is 3.74. The topological polar surface area (TPSA) is 93.6 Å². The summed E-state index contributed by atoms with van der Waals surface area (Å²) in [5.41, 5.74) is -0.274. The Morgan fingerprint density at radius 3 is 2.58 bits per heavy atom. The average Bonchev–Trinajstić information content (AvgIpc) is 2.54. The van der Waals surface area contributed by atoms with Gasteiger partial charge in [-0.3, -0.25) is 0 Å². The zero-order chi connectivity index (χ0) is 19.3. The lowest BCUT2D eigenvalue weighted by molar-refractivity contribution is 0.0210. The molecule has 26 heavy (non-hydrogen) atoms. The number of likely N-dealkylation sites (tertiary alicyclic amines) is 1. The smallest absolute Gasteiger partial charge is 0.410 e. The molecule has 0 saturated carbocycles. The molecule has 1 aromatic rings. The Kier molecular flexibility index (Phi) is 6.63. The van der Waals surface area contributed by atoms with E-state index in [0.29, 0.717) is 31.7 Å². The molecule has 1 amide bonds. The van der Waals surface area contributed by atoms with E-state index in [2.05, 4.69) is 15.3 Å². The number of amides is 1. The molecule has 0 unspecified atom stereocenters. The predicted molar refractivity (Wildman–Crippen MR) is 97.5 cm³/mol. The van der Waals surface area contributed by atoms with Gasteiger partial charge in [0.2, 0.25) is 5.28 Å². The van der Waals surface area contributed by atoms with Crippen LogP contribution in [0.15, 0.2) is 6.20 Å². The number of halogens is 1. The van der Waals surface area contributed by atoms with Crippen molar-refractivity contribution in [2.45, 2.75) is 52.2 Å². The molecule has 1 N–H and O–H groups in total. The summed E-state index contributed by atoms with van der Waals surface area (Å²) in [5.74, 6) is -0.156. The van der Waals surface area contributed by atoms with Gasteiger partial charge in [0.1, 0.15) is 17.0 Å². The van der Waals surface area contributed by atoms with Crippen molar-refractivity contribution < 1.29 is 19.1 Å². The maximum absolute atomic E-state index is 12.1. The monoisotopic (exact) mass is 384 g/mol. The number of carbonyl (C=O) groups is 2. The van der Waals surface area contributed by atoms with Crippen LogP contribution in [0.1, 0.15) is 50.9 Å². The van der Waals surface area contributed by atoms with Crippen molar-refractivity contribution in [3.05, 3.63) is 17.0 Å². The minimum Gasteiger partial charge on any atom is -0.462 e. The molecule has 144 valence electrons. The van der Waals surface area contributed by atoms with Gasteiger partial charge in [0.15, 0.2) is 0 Å². The van der Waals surface area contributed by atoms with Crippen LogP contribution >= 0.6 is 11.6 Å². The van der Waals surface area contributed by atoms with E-state index in [0.717, 1.165) is 0 Å². The first-order valence-corrected chi connectivity index (χ1v) is 9.01. The fourth-order valence-electron chi connectivity index (χ4n) is 2.55. The number of aromatic nitrogens is 2. The van der Waals surface area contributed by atoms with E-state index < -0.39 is 11.6 Å². The number of hydrogen-bond donors (Lipinski definition) is 1. The SMILES string of the molecule is CCOC(=O)c1cnc(Cl)nc1NC1CCN(C(=O)OC(C)(C)C)CC1. The van der Waals surface area contributed by atoms with Gasteiger partial charge >= 0.3 is 12.1 Å². The fraction of sp³-hybridized carbons (Fsp3) is 0.647. The Morgan fingerprint density at radius 1 is 1.35 bits per heavy atom. The van der Waals surface area contributed by atoms with Crippen LogP contribution in [0.25, 0.3) is 0 Å². The van der Waals surface area contributed by atoms with Crippen LogP contribution in [0, 0.1) is 0 Å². The highest BCUT2D eigenvalue weighted by Gasteiger charge is 2.28. The first kappa shape index (κ1) is 20.2. The summed E-state index contributed by atoms with van der Waals surface area (Å²) in [7, 11) is 0. The molecule has 1 saturated heterocycles. The van der Waals surface area contributed by atoms with Gasteiger partial charge in [-0.2, -0.15) is 4.98 Å². The highest BCUT2D eigenvalue weighted by Crippen LogP contribution is 2.21. The molecular formula is C17H25ClN4O4. The molecule has 0 bridgehead atoms. The Morgan fingerprint density at radius 2 is 2.00 bits per heavy atom. The maximum atomic E-state index is 12.1. The number of piperidine rings is 1. The summed E-state index contributed by atoms with van der Waals surface area (Å²) >= 11 is 5.86. The zero-order valence-electron chi connectivity index (χ0n) is 15.5. The Balaban J connectivity index is 1.98. The van der Waals surface area contributed by atoms with Crippen LogP contribution in [-0.4, -0.2) is 58.3 Å². The lowest BCUT2D eigenvalue weighted by Gasteiger charge is -2.34. The molecule has 1 fully saturated rings. The second kappa shape index (κ2) is 8.53. The minimum atomic E-state index is -0.515. The van der Waals surface area contributed by atoms with Crippen molar-refractivity contribution in [3.8, 4) is 0 Å². The van der Waals surface area contributed by atoms with Gasteiger partial charge in [-0.05, 0) is 52.1 Å². The van der Waals surface area contributed by atoms with Crippen molar-refractivity contribution in [2.75, 3.05) is 25.0 Å². The number of ether oxygens (including phenoxy) is 2. The first-order valence-electron chi connectivity index (χ1n) is 8.63. The normalized spacial score (nSPS) is 15.5. The van der Waals surface area contributed by atoms with Gasteiger partial charge in [0.05, 0.1) is 6.61 Å². The molecule has 0 aliphatic carbocycles. The largest absolute Gasteiger partial charge is 0.462 e. The zero-order valence-corrected chi connectivity index (χ0v) is 16.3. The van der Waals surface area contributed by atoms with Gasteiger partial charge in [-0.25, -0.2) is 14.6 Å². The first-order chi connectivity index (χ1) is 12.2. The minimum absolute atomic E-state index is 0.0479. The van der Waals surface area contributed by atoms with E-state index >= 15 is 0 Å². The van der Waals surface area contributed by atoms with Crippen LogP contribution in [0.4, 0.5) is 10.6 Å². The van der Waals surface area contributed by atoms with E-state index in [1.807, 2.05) is 20.8 Å². The van der Waals surface area contributed by atoms with Gasteiger partial charge in [0.25, 0.3) is 0 Å². The summed E-state index contributed by atoms with van der Waals surface area (Å²) in [6.07, 6.45) is 2.44. The Bertz CT molecular complexity index is 655. The Labute approximate surface area is 158 Å². The molecule has 0 radical (unpaired) electrons. The summed E-state index contributed by atoms with van der Waals surface area (Å²) in [4.78, 5) is 33.8. The van der Waals surface area contributed by atoms with E-state index in [1.54, 1.807) is 11.8 Å². The molecule has 1 aromatic heterocycles. The van der Waals surface area contributed by atoms with Crippen molar-refractivity contribution in [3.63, 3.8) is 0 Å². The average molecular weight is 385 g/mol. The fourth-order valence-corrected chi connectivity index (χ4v) is 2.69. The van der Waals surface area contributed by atoms with E-state index in [1.165, 1.54) is 6.20 Å². The molecule has 0 aromatic carbocycles. The molecular weight excluding hydrogens is 360 g/mol. The van der Waals surface area contributed by atoms with Crippen LogP contribution in [0.3, 0.4) is 0 Å². The van der Waals surface area contributed by atoms with Crippen LogP contribution < -0.4 is 5.32 Å². The van der Waals surface area contributed by atoms with Gasteiger partial charge < -0.3 is 19.7 Å². The van der Waals surface area contributed by atoms with Gasteiger partial charge in [0, 0.05) is 25.3 Å². The maximum Gasteiger partial charge on any atom is 0.410 e. The third-order valence-corrected chi connectivity index (χ3v) is 3.92. The number of hydrogen-bond acceptors (Lipinski definition) is 7. The number of carbonyl (C=O) groups excluding carboxylic acids is 2. The highest BCUT2D eigenvalue weighted by molar-refractivity contribution is 6.28. The van der Waals surface area contributed by atoms with Crippen molar-refractivity contribution in [1.29, 1.82) is 0 Å². The van der Waals surface area contributed by atoms with Crippen molar-refractivity contribution in [1.82, 2.24) is 14.9 Å². The third kappa shape index (κ3) is 5.72. The molecule has 2 rings (SSSR count). The van der Waals surface area contributed by atoms with Crippen LogP contribution in [0.5, 0.6) is 0 Å². The number of anilines is 1. The highest BCUT2D eigenvalue weighted by atomic mass is 35.5. The number of rotatable bonds is 4. The van der Waals surface area contributed by atoms with E-state index in [4.69, 9.17) is 21.1 Å². The number of nitrogens with zero attached hydrogens (tertiary/aromatic N) is 3. The Hall–Kier alpha value is -2.09. The van der Waals surface area contributed by atoms with Gasteiger partial charge in [-0.1, -0.05) is 0 Å². The lowest BCUT2D eigenvalue weighted by Crippen LogP contribution is -2.44. The number of nitrogens with one attached hydrogen (secondary N) is 1. The van der Waals surface area contributed by atoms with Crippen molar-refractivity contribution >= 4 is 29.5 Å². The molecule has 1 aliphatic rings. The van der Waals surface area contributed by atoms with E-state index in [-0.39, 0.29) is 29.6 Å². The summed E-state index contributed by atoms with van der Waals surface area (Å²) < 4.78 is 10.4. The molecule has 8 nitrogen and oxygen atoms in total. The van der Waals surface area contributed by atoms with E-state index in [9.17, 15) is 9.59 Å². The molecule has 1 aliphatic heterocycles. The summed E-state index contributed by atoms with van der Waals surface area (Å²) in [5, 5.41) is 3.27. The lowest BCUT2D eigenvalue weighted by atomic mass is 10.1. The van der Waals surface area contributed by atoms with Crippen molar-refractivity contribution in [2.24, 2.45) is 0 Å². The second-order valence-corrected chi connectivity index (χ2v) is 7.35. The molecule has 9 heteroatoms. The second-order valence-electron chi connectivity index (χ2n) is 7.01. The standard InChI is InChI=1S/C17H25ClN4O4/c1-5-25-14(23)12-10-19-15(18)21-13(12)20-11-6-8-22(9-7-11)16(24)26-17(2,3)4/h10-11H,5-9H2,1-4H3,(H,19,20,21). The number of esters is 1. The molecule has 0 spiro atoms. The quantitative estimate of drug-likeness (QED) is 0.629.